The highest BCUT2D eigenvalue weighted by Gasteiger charge is 2.30. The lowest BCUT2D eigenvalue weighted by Gasteiger charge is -2.33. The number of hydrogen-bond acceptors (Lipinski definition) is 4. The summed E-state index contributed by atoms with van der Waals surface area (Å²) in [6, 6.07) is 21.8. The van der Waals surface area contributed by atoms with Crippen molar-refractivity contribution in [1.29, 1.82) is 0 Å². The number of amides is 1. The maximum absolute atomic E-state index is 14.0. The molecule has 6 nitrogen and oxygen atoms in total. The maximum atomic E-state index is 14.0. The molecule has 7 heteroatoms. The van der Waals surface area contributed by atoms with Crippen molar-refractivity contribution < 1.29 is 9.53 Å². The van der Waals surface area contributed by atoms with Crippen molar-refractivity contribution >= 4 is 32.7 Å². The second-order valence-corrected chi connectivity index (χ2v) is 10.2. The van der Waals surface area contributed by atoms with Gasteiger partial charge in [-0.15, -0.1) is 0 Å². The smallest absolute Gasteiger partial charge is 0.266 e. The monoisotopic (exact) mass is 575 g/mol. The lowest BCUT2D eigenvalue weighted by Crippen LogP contribution is -2.39. The zero-order valence-corrected chi connectivity index (χ0v) is 23.8. The van der Waals surface area contributed by atoms with Gasteiger partial charge in [0.25, 0.3) is 11.5 Å². The van der Waals surface area contributed by atoms with E-state index in [-0.39, 0.29) is 11.5 Å². The van der Waals surface area contributed by atoms with Crippen LogP contribution < -0.4 is 10.3 Å². The number of methoxy groups -OCH3 is 1. The van der Waals surface area contributed by atoms with Crippen LogP contribution in [0.15, 0.2) is 82.1 Å². The van der Waals surface area contributed by atoms with E-state index in [4.69, 9.17) is 9.72 Å². The van der Waals surface area contributed by atoms with Crippen LogP contribution in [0, 0.1) is 0 Å². The summed E-state index contributed by atoms with van der Waals surface area (Å²) in [6.45, 7) is 4.78. The summed E-state index contributed by atoms with van der Waals surface area (Å²) in [5.41, 5.74) is 1.64. The highest BCUT2D eigenvalue weighted by Crippen LogP contribution is 2.31. The van der Waals surface area contributed by atoms with E-state index in [1.54, 1.807) is 17.7 Å². The van der Waals surface area contributed by atoms with Gasteiger partial charge in [0, 0.05) is 16.6 Å². The fourth-order valence-corrected chi connectivity index (χ4v) is 5.09. The van der Waals surface area contributed by atoms with Crippen molar-refractivity contribution in [3.8, 4) is 11.4 Å². The molecule has 0 N–H and O–H groups in total. The third-order valence-electron chi connectivity index (χ3n) is 6.79. The van der Waals surface area contributed by atoms with Crippen LogP contribution in [0.5, 0.6) is 5.75 Å². The fourth-order valence-electron chi connectivity index (χ4n) is 4.83. The number of unbranched alkanes of at least 4 members (excludes halogenated alkanes) is 3. The van der Waals surface area contributed by atoms with E-state index >= 15 is 0 Å². The van der Waals surface area contributed by atoms with E-state index in [2.05, 4.69) is 22.9 Å². The Balaban J connectivity index is 1.92. The number of carbonyl (C=O) groups excluding carboxylic acids is 1. The van der Waals surface area contributed by atoms with E-state index in [0.717, 1.165) is 30.2 Å². The van der Waals surface area contributed by atoms with Crippen molar-refractivity contribution in [2.75, 3.05) is 13.7 Å². The summed E-state index contributed by atoms with van der Waals surface area (Å²) in [5, 5.41) is 0.519. The second-order valence-electron chi connectivity index (χ2n) is 9.29. The average molecular weight is 577 g/mol. The van der Waals surface area contributed by atoms with E-state index in [9.17, 15) is 9.59 Å². The van der Waals surface area contributed by atoms with Gasteiger partial charge in [-0.1, -0.05) is 73.3 Å². The molecule has 1 unspecified atom stereocenters. The van der Waals surface area contributed by atoms with Gasteiger partial charge < -0.3 is 9.64 Å². The molecule has 1 aromatic heterocycles. The molecule has 1 atom stereocenters. The third-order valence-corrected chi connectivity index (χ3v) is 7.32. The molecule has 0 bridgehead atoms. The minimum atomic E-state index is -0.421. The summed E-state index contributed by atoms with van der Waals surface area (Å²) in [5.74, 6) is 1.02. The number of para-hydroxylation sites is 3. The van der Waals surface area contributed by atoms with Crippen LogP contribution in [0.25, 0.3) is 16.6 Å². The molecule has 0 saturated carbocycles. The summed E-state index contributed by atoms with van der Waals surface area (Å²) >= 11 is 3.47. The van der Waals surface area contributed by atoms with Crippen LogP contribution in [0.4, 0.5) is 0 Å². The van der Waals surface area contributed by atoms with Gasteiger partial charge in [-0.05, 0) is 61.4 Å². The van der Waals surface area contributed by atoms with Gasteiger partial charge in [-0.2, -0.15) is 0 Å². The predicted octanol–water partition coefficient (Wildman–Crippen LogP) is 7.33. The number of aromatic nitrogens is 2. The van der Waals surface area contributed by atoms with Crippen molar-refractivity contribution in [1.82, 2.24) is 14.5 Å². The zero-order chi connectivity index (χ0) is 27.1. The largest absolute Gasteiger partial charge is 0.495 e. The van der Waals surface area contributed by atoms with Gasteiger partial charge in [0.1, 0.15) is 11.6 Å². The standard InChI is InChI=1S/C31H34BrN3O3/c1-4-6-7-12-21-34(30(36)22-17-19-23(32)20-18-22)26(5-2)29-33-25-14-9-8-13-24(25)31(37)35(29)27-15-10-11-16-28(27)38-3/h8-11,13-20,26H,4-7,12,21H2,1-3H3. The molecule has 198 valence electrons. The Kier molecular flexibility index (Phi) is 9.34. The molecule has 4 aromatic rings. The normalized spacial score (nSPS) is 11.9. The minimum absolute atomic E-state index is 0.0742. The van der Waals surface area contributed by atoms with E-state index < -0.39 is 6.04 Å². The number of hydrogen-bond donors (Lipinski definition) is 0. The van der Waals surface area contributed by atoms with Crippen LogP contribution in [0.3, 0.4) is 0 Å². The van der Waals surface area contributed by atoms with Crippen LogP contribution in [-0.4, -0.2) is 34.0 Å². The number of rotatable bonds is 11. The first-order valence-electron chi connectivity index (χ1n) is 13.2. The van der Waals surface area contributed by atoms with Crippen molar-refractivity contribution in [3.05, 3.63) is 99.0 Å². The molecule has 0 spiro atoms. The third kappa shape index (κ3) is 5.83. The molecule has 0 saturated heterocycles. The molecule has 0 aliphatic carbocycles. The first-order valence-corrected chi connectivity index (χ1v) is 14.0. The van der Waals surface area contributed by atoms with Gasteiger partial charge in [0.05, 0.1) is 29.7 Å². The highest BCUT2D eigenvalue weighted by atomic mass is 79.9. The van der Waals surface area contributed by atoms with Gasteiger partial charge >= 0.3 is 0 Å². The van der Waals surface area contributed by atoms with Crippen molar-refractivity contribution in [2.45, 2.75) is 52.0 Å². The maximum Gasteiger partial charge on any atom is 0.266 e. The van der Waals surface area contributed by atoms with E-state index in [1.807, 2.05) is 78.6 Å². The molecule has 1 amide bonds. The minimum Gasteiger partial charge on any atom is -0.495 e. The van der Waals surface area contributed by atoms with Crippen molar-refractivity contribution in [3.63, 3.8) is 0 Å². The SMILES string of the molecule is CCCCCCN(C(=O)c1ccc(Br)cc1)C(CC)c1nc2ccccc2c(=O)n1-c1ccccc1OC. The number of carbonyl (C=O) groups is 1. The summed E-state index contributed by atoms with van der Waals surface area (Å²) < 4.78 is 8.18. The zero-order valence-electron chi connectivity index (χ0n) is 22.2. The van der Waals surface area contributed by atoms with Crippen LogP contribution in [0.1, 0.15) is 68.2 Å². The van der Waals surface area contributed by atoms with E-state index in [1.165, 1.54) is 0 Å². The quantitative estimate of drug-likeness (QED) is 0.176. The lowest BCUT2D eigenvalue weighted by atomic mass is 10.1. The molecule has 1 heterocycles. The van der Waals surface area contributed by atoms with Crippen LogP contribution in [0.2, 0.25) is 0 Å². The Morgan fingerprint density at radius 2 is 1.68 bits per heavy atom. The van der Waals surface area contributed by atoms with E-state index in [0.29, 0.717) is 46.7 Å². The Bertz CT molecular complexity index is 1450. The highest BCUT2D eigenvalue weighted by molar-refractivity contribution is 9.10. The molecule has 0 fully saturated rings. The Labute approximate surface area is 232 Å². The van der Waals surface area contributed by atoms with Gasteiger partial charge in [0.2, 0.25) is 0 Å². The molecule has 38 heavy (non-hydrogen) atoms. The van der Waals surface area contributed by atoms with Gasteiger partial charge in [0.15, 0.2) is 0 Å². The Morgan fingerprint density at radius 3 is 2.39 bits per heavy atom. The molecule has 0 radical (unpaired) electrons. The fraction of sp³-hybridized carbons (Fsp3) is 0.323. The first kappa shape index (κ1) is 27.6. The van der Waals surface area contributed by atoms with Crippen molar-refractivity contribution in [2.24, 2.45) is 0 Å². The van der Waals surface area contributed by atoms with Gasteiger partial charge in [-0.25, -0.2) is 4.98 Å². The molecule has 0 aliphatic heterocycles. The number of halogens is 1. The number of benzene rings is 3. The summed E-state index contributed by atoms with van der Waals surface area (Å²) in [4.78, 5) is 34.9. The molecule has 4 rings (SSSR count). The number of fused-ring (bicyclic) bond motifs is 1. The predicted molar refractivity (Wildman–Crippen MR) is 156 cm³/mol. The summed E-state index contributed by atoms with van der Waals surface area (Å²) in [6.07, 6.45) is 4.71. The Morgan fingerprint density at radius 1 is 0.974 bits per heavy atom. The topological polar surface area (TPSA) is 64.4 Å². The molecular formula is C31H34BrN3O3. The van der Waals surface area contributed by atoms with Gasteiger partial charge in [-0.3, -0.25) is 14.2 Å². The van der Waals surface area contributed by atoms with Crippen LogP contribution >= 0.6 is 15.9 Å². The Hall–Kier alpha value is -3.45. The second kappa shape index (κ2) is 12.9. The molecule has 0 aliphatic rings. The number of nitrogens with zero attached hydrogens (tertiary/aromatic N) is 3. The number of ether oxygens (including phenoxy) is 1. The first-order chi connectivity index (χ1) is 18.5. The summed E-state index contributed by atoms with van der Waals surface area (Å²) in [7, 11) is 1.59. The molecule has 3 aromatic carbocycles. The molecular weight excluding hydrogens is 542 g/mol. The lowest BCUT2D eigenvalue weighted by molar-refractivity contribution is 0.0654. The van der Waals surface area contributed by atoms with Crippen LogP contribution in [-0.2, 0) is 0 Å². The average Bonchev–Trinajstić information content (AvgIpc) is 2.95.